The second-order valence-electron chi connectivity index (χ2n) is 3.84. The van der Waals surface area contributed by atoms with Gasteiger partial charge in [-0.05, 0) is 23.8 Å². The largest absolute Gasteiger partial charge is 0 e. The summed E-state index contributed by atoms with van der Waals surface area (Å²) in [6.07, 6.45) is 1.85. The van der Waals surface area contributed by atoms with Crippen LogP contribution in [0.3, 0.4) is 0 Å². The summed E-state index contributed by atoms with van der Waals surface area (Å²) in [5, 5.41) is 2.60. The van der Waals surface area contributed by atoms with Gasteiger partial charge in [-0.25, -0.2) is 0 Å². The van der Waals surface area contributed by atoms with E-state index in [1.165, 1.54) is 11.8 Å². The zero-order valence-electron chi connectivity index (χ0n) is 14.5. The van der Waals surface area contributed by atoms with Crippen molar-refractivity contribution in [3.8, 4) is 0 Å². The molecule has 0 radical (unpaired) electrons. The third-order valence-electron chi connectivity index (χ3n) is 2.35. The van der Waals surface area contributed by atoms with E-state index < -0.39 is 0 Å². The molecule has 0 unspecified atom stereocenters. The van der Waals surface area contributed by atoms with E-state index in [1.807, 2.05) is 49.3 Å². The van der Waals surface area contributed by atoms with E-state index in [0.29, 0.717) is 9.23 Å². The van der Waals surface area contributed by atoms with Crippen LogP contribution >= 0.6 is 24.0 Å². The van der Waals surface area contributed by atoms with Crippen molar-refractivity contribution in [2.45, 2.75) is 0 Å². The van der Waals surface area contributed by atoms with Gasteiger partial charge >= 0.3 is 56.5 Å². The minimum atomic E-state index is -0.114. The number of nitrogens with one attached hydrogen (secondary N) is 1. The van der Waals surface area contributed by atoms with Crippen molar-refractivity contribution >= 4 is 46.0 Å². The SMILES string of the molecule is CN(C)c1ccc(/C=C2\SC(=S)NC2=O)cc1.[C-]#[O+].[C-]#[O+].[C-]#[O+].[C-]#[O+].[C-]#[O+].[Mo]. The summed E-state index contributed by atoms with van der Waals surface area (Å²) < 4.78 is 38.0. The topological polar surface area (TPSA) is 132 Å². The minimum Gasteiger partial charge on any atom is 0 e. The smallest absolute Gasteiger partial charge is 0 e. The first-order valence-corrected chi connectivity index (χ1v) is 7.33. The van der Waals surface area contributed by atoms with E-state index in [2.05, 4.69) is 38.6 Å². The molecule has 1 saturated heterocycles. The summed E-state index contributed by atoms with van der Waals surface area (Å²) >= 11 is 6.23. The van der Waals surface area contributed by atoms with Crippen molar-refractivity contribution in [3.05, 3.63) is 68.0 Å². The second kappa shape index (κ2) is 27.3. The molecule has 1 N–H and O–H groups in total. The van der Waals surface area contributed by atoms with Gasteiger partial charge in [0.25, 0.3) is 5.91 Å². The summed E-state index contributed by atoms with van der Waals surface area (Å²) in [4.78, 5) is 14.1. The zero-order chi connectivity index (χ0) is 22.4. The van der Waals surface area contributed by atoms with Crippen LogP contribution in [0.25, 0.3) is 6.08 Å². The quantitative estimate of drug-likeness (QED) is 0.219. The van der Waals surface area contributed by atoms with Gasteiger partial charge in [0.1, 0.15) is 4.32 Å². The van der Waals surface area contributed by atoms with Crippen LogP contribution < -0.4 is 10.2 Å². The van der Waals surface area contributed by atoms with Gasteiger partial charge in [-0.3, -0.25) is 4.79 Å². The Morgan fingerprint density at radius 3 is 1.61 bits per heavy atom. The minimum absolute atomic E-state index is 0. The first-order valence-electron chi connectivity index (χ1n) is 6.10. The molecule has 0 bridgehead atoms. The molecule has 1 aromatic rings. The van der Waals surface area contributed by atoms with Crippen LogP contribution in [0.5, 0.6) is 0 Å². The van der Waals surface area contributed by atoms with Crippen LogP contribution in [-0.4, -0.2) is 24.3 Å². The molecule has 0 saturated carbocycles. The molecule has 28 heavy (non-hydrogen) atoms. The molecule has 144 valence electrons. The summed E-state index contributed by atoms with van der Waals surface area (Å²) in [7, 11) is 3.98. The first-order chi connectivity index (χ1) is 13.1. The number of nitrogens with zero attached hydrogens (tertiary/aromatic N) is 1. The maximum absolute atomic E-state index is 11.5. The number of thioether (sulfide) groups is 1. The molecule has 0 aromatic heterocycles. The Balaban J connectivity index is -0.000000140. The first kappa shape index (κ1) is 36.9. The molecule has 1 aliphatic heterocycles. The normalized spacial score (nSPS) is 10.9. The third kappa shape index (κ3) is 16.2. The van der Waals surface area contributed by atoms with Crippen molar-refractivity contribution in [2.75, 3.05) is 19.0 Å². The third-order valence-corrected chi connectivity index (χ3v) is 3.51. The molecule has 8 nitrogen and oxygen atoms in total. The van der Waals surface area contributed by atoms with E-state index in [-0.39, 0.29) is 27.0 Å². The van der Waals surface area contributed by atoms with Gasteiger partial charge < -0.3 is 10.2 Å². The standard InChI is InChI=1S/C12H12N2OS2.5CO.Mo/c1-14(2)9-5-3-8(4-6-9)7-10-11(15)13-12(16)17-10;5*1-2;/h3-7H,1-2H3,(H,13,15,16);;;;;;/b10-7-;;;;;;. The van der Waals surface area contributed by atoms with Crippen molar-refractivity contribution < 1.29 is 49.1 Å². The van der Waals surface area contributed by atoms with E-state index >= 15 is 0 Å². The number of hydrogen-bond acceptors (Lipinski definition) is 4. The maximum Gasteiger partial charge on any atom is 0 e. The summed E-state index contributed by atoms with van der Waals surface area (Å²) in [6, 6.07) is 8.00. The average molecular weight is 500 g/mol. The summed E-state index contributed by atoms with van der Waals surface area (Å²) in [6.45, 7) is 22.5. The fourth-order valence-electron chi connectivity index (χ4n) is 1.44. The van der Waals surface area contributed by atoms with Crippen LogP contribution in [0, 0.1) is 33.3 Å². The Morgan fingerprint density at radius 1 is 0.929 bits per heavy atom. The number of thiocarbonyl (C=S) groups is 1. The van der Waals surface area contributed by atoms with Gasteiger partial charge in [0.2, 0.25) is 0 Å². The van der Waals surface area contributed by atoms with Gasteiger partial charge in [0, 0.05) is 40.8 Å². The number of carbonyl (C=O) groups excluding carboxylic acids is 1. The van der Waals surface area contributed by atoms with Crippen molar-refractivity contribution in [2.24, 2.45) is 0 Å². The van der Waals surface area contributed by atoms with Gasteiger partial charge in [0.05, 0.1) is 4.91 Å². The number of hydrogen-bond donors (Lipinski definition) is 1. The van der Waals surface area contributed by atoms with Crippen LogP contribution in [-0.2, 0) is 49.1 Å². The van der Waals surface area contributed by atoms with E-state index in [4.69, 9.17) is 35.5 Å². The molecule has 1 heterocycles. The Bertz CT molecular complexity index is 672. The van der Waals surface area contributed by atoms with Gasteiger partial charge in [-0.1, -0.05) is 36.1 Å². The molecule has 1 aliphatic rings. The van der Waals surface area contributed by atoms with Gasteiger partial charge in [-0.15, -0.1) is 0 Å². The maximum atomic E-state index is 11.5. The molecular formula is C17H12MoN2O6S2. The van der Waals surface area contributed by atoms with Gasteiger partial charge in [-0.2, -0.15) is 0 Å². The number of anilines is 1. The molecule has 1 aromatic carbocycles. The zero-order valence-corrected chi connectivity index (χ0v) is 18.1. The fourth-order valence-corrected chi connectivity index (χ4v) is 2.49. The molecule has 0 atom stereocenters. The molecule has 0 spiro atoms. The van der Waals surface area contributed by atoms with E-state index in [0.717, 1.165) is 11.3 Å². The Kier molecular flexibility index (Phi) is 35.9. The van der Waals surface area contributed by atoms with Crippen molar-refractivity contribution in [1.82, 2.24) is 5.32 Å². The number of rotatable bonds is 2. The molecule has 0 aliphatic carbocycles. The van der Waals surface area contributed by atoms with E-state index in [9.17, 15) is 4.79 Å². The summed E-state index contributed by atoms with van der Waals surface area (Å²) in [5.74, 6) is -0.114. The monoisotopic (exact) mass is 502 g/mol. The molecule has 11 heteroatoms. The van der Waals surface area contributed by atoms with Crippen molar-refractivity contribution in [1.29, 1.82) is 0 Å². The van der Waals surface area contributed by atoms with Crippen LogP contribution in [0.1, 0.15) is 5.56 Å². The molecule has 1 amide bonds. The number of benzene rings is 1. The molecule has 1 fully saturated rings. The second-order valence-corrected chi connectivity index (χ2v) is 5.56. The van der Waals surface area contributed by atoms with Crippen LogP contribution in [0.2, 0.25) is 0 Å². The van der Waals surface area contributed by atoms with Crippen molar-refractivity contribution in [3.63, 3.8) is 0 Å². The average Bonchev–Trinajstić information content (AvgIpc) is 3.06. The number of carbonyl (C=O) groups is 1. The van der Waals surface area contributed by atoms with Crippen LogP contribution in [0.15, 0.2) is 29.2 Å². The summed E-state index contributed by atoms with van der Waals surface area (Å²) in [5.41, 5.74) is 2.13. The molecular weight excluding hydrogens is 488 g/mol. The fraction of sp³-hybridized carbons (Fsp3) is 0.118. The Morgan fingerprint density at radius 2 is 1.32 bits per heavy atom. The number of amides is 1. The van der Waals surface area contributed by atoms with Gasteiger partial charge in [0.15, 0.2) is 0 Å². The van der Waals surface area contributed by atoms with E-state index in [1.54, 1.807) is 0 Å². The molecule has 2 rings (SSSR count). The Labute approximate surface area is 187 Å². The van der Waals surface area contributed by atoms with Crippen LogP contribution in [0.4, 0.5) is 5.69 Å². The predicted octanol–water partition coefficient (Wildman–Crippen LogP) is 2.05. The predicted molar refractivity (Wildman–Crippen MR) is 96.7 cm³/mol. The Hall–Kier alpha value is -1.94.